The van der Waals surface area contributed by atoms with Gasteiger partial charge in [0.25, 0.3) is 5.91 Å². The molecule has 0 radical (unpaired) electrons. The Balaban J connectivity index is 1.59. The molecular formula is C20H20N2O3S2. The second-order valence-electron chi connectivity index (χ2n) is 6.33. The highest BCUT2D eigenvalue weighted by Crippen LogP contribution is 2.36. The molecule has 0 spiro atoms. The summed E-state index contributed by atoms with van der Waals surface area (Å²) in [6.45, 7) is 2.82. The largest absolute Gasteiger partial charge is 0.493 e. The van der Waals surface area contributed by atoms with E-state index in [-0.39, 0.29) is 11.9 Å². The summed E-state index contributed by atoms with van der Waals surface area (Å²) in [7, 11) is 3.21. The van der Waals surface area contributed by atoms with Gasteiger partial charge in [-0.05, 0) is 48.6 Å². The van der Waals surface area contributed by atoms with Crippen molar-refractivity contribution in [3.05, 3.63) is 51.2 Å². The maximum absolute atomic E-state index is 13.0. The predicted molar refractivity (Wildman–Crippen MR) is 108 cm³/mol. The van der Waals surface area contributed by atoms with E-state index in [1.165, 1.54) is 21.8 Å². The van der Waals surface area contributed by atoms with E-state index in [0.29, 0.717) is 17.2 Å². The molecule has 5 nitrogen and oxygen atoms in total. The number of aromatic nitrogens is 1. The lowest BCUT2D eigenvalue weighted by atomic mass is 10.0. The number of thiazole rings is 1. The zero-order valence-corrected chi connectivity index (χ0v) is 17.0. The Kier molecular flexibility index (Phi) is 4.88. The maximum atomic E-state index is 13.0. The summed E-state index contributed by atoms with van der Waals surface area (Å²) < 4.78 is 10.6. The van der Waals surface area contributed by atoms with Gasteiger partial charge in [-0.3, -0.25) is 4.79 Å². The van der Waals surface area contributed by atoms with Crippen LogP contribution in [-0.2, 0) is 6.42 Å². The first-order chi connectivity index (χ1) is 13.1. The number of nitrogens with zero attached hydrogens (tertiary/aromatic N) is 2. The number of rotatable bonds is 4. The Morgan fingerprint density at radius 2 is 2.00 bits per heavy atom. The molecule has 0 aliphatic carbocycles. The van der Waals surface area contributed by atoms with Crippen LogP contribution >= 0.6 is 22.7 Å². The number of carbonyl (C=O) groups is 1. The third-order valence-corrected chi connectivity index (χ3v) is 6.78. The normalized spacial score (nSPS) is 16.1. The highest BCUT2D eigenvalue weighted by Gasteiger charge is 2.30. The van der Waals surface area contributed by atoms with Crippen LogP contribution in [-0.4, -0.2) is 36.6 Å². The zero-order chi connectivity index (χ0) is 19.0. The number of ether oxygens (including phenoxy) is 2. The fraction of sp³-hybridized carbons (Fsp3) is 0.300. The average molecular weight is 401 g/mol. The fourth-order valence-corrected chi connectivity index (χ4v) is 5.16. The molecule has 4 rings (SSSR count). The zero-order valence-electron chi connectivity index (χ0n) is 15.4. The molecule has 27 heavy (non-hydrogen) atoms. The van der Waals surface area contributed by atoms with Crippen molar-refractivity contribution >= 4 is 28.6 Å². The summed E-state index contributed by atoms with van der Waals surface area (Å²) in [5.41, 5.74) is 2.66. The summed E-state index contributed by atoms with van der Waals surface area (Å²) in [6.07, 6.45) is 0.912. The molecule has 140 valence electrons. The third-order valence-electron chi connectivity index (χ3n) is 4.89. The van der Waals surface area contributed by atoms with Crippen molar-refractivity contribution in [1.82, 2.24) is 9.88 Å². The molecule has 7 heteroatoms. The Hall–Kier alpha value is -2.38. The van der Waals surface area contributed by atoms with E-state index in [2.05, 4.69) is 23.4 Å². The second kappa shape index (κ2) is 7.32. The molecule has 0 bridgehead atoms. The Morgan fingerprint density at radius 3 is 2.78 bits per heavy atom. The molecule has 0 fully saturated rings. The molecule has 0 saturated heterocycles. The van der Waals surface area contributed by atoms with Crippen molar-refractivity contribution in [1.29, 1.82) is 0 Å². The molecule has 1 aromatic carbocycles. The highest BCUT2D eigenvalue weighted by atomic mass is 32.1. The lowest BCUT2D eigenvalue weighted by molar-refractivity contribution is 0.0674. The molecule has 1 aliphatic heterocycles. The SMILES string of the molecule is COc1ccc(-c2nc(C(=O)N3CCc4sccc4[C@H]3C)cs2)cc1OC. The number of hydrogen-bond donors (Lipinski definition) is 0. The van der Waals surface area contributed by atoms with E-state index in [9.17, 15) is 4.79 Å². The third kappa shape index (κ3) is 3.21. The van der Waals surface area contributed by atoms with E-state index >= 15 is 0 Å². The van der Waals surface area contributed by atoms with Crippen molar-refractivity contribution in [3.63, 3.8) is 0 Å². The van der Waals surface area contributed by atoms with Crippen LogP contribution in [0, 0.1) is 0 Å². The van der Waals surface area contributed by atoms with Crippen molar-refractivity contribution < 1.29 is 14.3 Å². The number of benzene rings is 1. The van der Waals surface area contributed by atoms with Gasteiger partial charge in [0.1, 0.15) is 10.7 Å². The van der Waals surface area contributed by atoms with E-state index in [1.54, 1.807) is 25.6 Å². The monoisotopic (exact) mass is 400 g/mol. The molecule has 2 aromatic heterocycles. The van der Waals surface area contributed by atoms with Crippen LogP contribution in [0.15, 0.2) is 35.0 Å². The molecule has 0 unspecified atom stereocenters. The number of fused-ring (bicyclic) bond motifs is 1. The molecule has 3 heterocycles. The number of thiophene rings is 1. The molecule has 0 saturated carbocycles. The Labute approximate surface area is 166 Å². The minimum absolute atomic E-state index is 0.0117. The number of methoxy groups -OCH3 is 2. The van der Waals surface area contributed by atoms with Gasteiger partial charge >= 0.3 is 0 Å². The predicted octanol–water partition coefficient (Wildman–Crippen LogP) is 4.65. The summed E-state index contributed by atoms with van der Waals surface area (Å²) >= 11 is 3.24. The van der Waals surface area contributed by atoms with Crippen molar-refractivity contribution in [2.45, 2.75) is 19.4 Å². The van der Waals surface area contributed by atoms with Crippen LogP contribution < -0.4 is 9.47 Å². The highest BCUT2D eigenvalue weighted by molar-refractivity contribution is 7.13. The minimum Gasteiger partial charge on any atom is -0.493 e. The molecule has 0 N–H and O–H groups in total. The Bertz CT molecular complexity index is 979. The summed E-state index contributed by atoms with van der Waals surface area (Å²) in [5, 5.41) is 4.73. The summed E-state index contributed by atoms with van der Waals surface area (Å²) in [4.78, 5) is 20.9. The van der Waals surface area contributed by atoms with Gasteiger partial charge in [-0.25, -0.2) is 4.98 Å². The summed E-state index contributed by atoms with van der Waals surface area (Å²) in [6, 6.07) is 7.86. The van der Waals surface area contributed by atoms with E-state index in [0.717, 1.165) is 23.5 Å². The second-order valence-corrected chi connectivity index (χ2v) is 8.19. The van der Waals surface area contributed by atoms with Gasteiger partial charge in [0.15, 0.2) is 11.5 Å². The minimum atomic E-state index is -0.0117. The van der Waals surface area contributed by atoms with Crippen LogP contribution in [0.3, 0.4) is 0 Å². The number of hydrogen-bond acceptors (Lipinski definition) is 6. The van der Waals surface area contributed by atoms with Crippen LogP contribution in [0.25, 0.3) is 10.6 Å². The van der Waals surface area contributed by atoms with E-state index < -0.39 is 0 Å². The van der Waals surface area contributed by atoms with Gasteiger partial charge < -0.3 is 14.4 Å². The van der Waals surface area contributed by atoms with Gasteiger partial charge in [-0.15, -0.1) is 22.7 Å². The molecule has 3 aromatic rings. The first kappa shape index (κ1) is 18.0. The molecule has 1 amide bonds. The van der Waals surface area contributed by atoms with Crippen LogP contribution in [0.2, 0.25) is 0 Å². The summed E-state index contributed by atoms with van der Waals surface area (Å²) in [5.74, 6) is 1.30. The number of carbonyl (C=O) groups excluding carboxylic acids is 1. The van der Waals surface area contributed by atoms with Crippen molar-refractivity contribution in [2.75, 3.05) is 20.8 Å². The maximum Gasteiger partial charge on any atom is 0.273 e. The average Bonchev–Trinajstić information content (AvgIpc) is 3.37. The van der Waals surface area contributed by atoms with E-state index in [1.807, 2.05) is 28.5 Å². The lowest BCUT2D eigenvalue weighted by Crippen LogP contribution is -2.38. The van der Waals surface area contributed by atoms with Gasteiger partial charge in [0.2, 0.25) is 0 Å². The fourth-order valence-electron chi connectivity index (χ4n) is 3.41. The van der Waals surface area contributed by atoms with Crippen LogP contribution in [0.4, 0.5) is 0 Å². The van der Waals surface area contributed by atoms with Crippen LogP contribution in [0.5, 0.6) is 11.5 Å². The molecule has 1 atom stereocenters. The topological polar surface area (TPSA) is 51.7 Å². The first-order valence-electron chi connectivity index (χ1n) is 8.67. The van der Waals surface area contributed by atoms with Gasteiger partial charge in [-0.2, -0.15) is 0 Å². The number of amides is 1. The quantitative estimate of drug-likeness (QED) is 0.640. The smallest absolute Gasteiger partial charge is 0.273 e. The standard InChI is InChI=1S/C20H20N2O3S2/c1-12-14-7-9-26-18(14)6-8-22(12)20(23)15-11-27-19(21-15)13-4-5-16(24-2)17(10-13)25-3/h4-5,7,9-12H,6,8H2,1-3H3/t12-/m1/s1. The molecule has 1 aliphatic rings. The van der Waals surface area contributed by atoms with E-state index in [4.69, 9.17) is 9.47 Å². The van der Waals surface area contributed by atoms with Gasteiger partial charge in [0, 0.05) is 22.4 Å². The van der Waals surface area contributed by atoms with Crippen molar-refractivity contribution in [2.24, 2.45) is 0 Å². The first-order valence-corrected chi connectivity index (χ1v) is 10.4. The lowest BCUT2D eigenvalue weighted by Gasteiger charge is -2.33. The Morgan fingerprint density at radius 1 is 1.19 bits per heavy atom. The molecular weight excluding hydrogens is 380 g/mol. The van der Waals surface area contributed by atoms with Gasteiger partial charge in [-0.1, -0.05) is 0 Å². The van der Waals surface area contributed by atoms with Gasteiger partial charge in [0.05, 0.1) is 20.3 Å². The van der Waals surface area contributed by atoms with Crippen LogP contribution in [0.1, 0.15) is 33.9 Å². The van der Waals surface area contributed by atoms with Crippen molar-refractivity contribution in [3.8, 4) is 22.1 Å².